The maximum absolute atomic E-state index is 3.62. The molecule has 23 heavy (non-hydrogen) atoms. The predicted molar refractivity (Wildman–Crippen MR) is 106 cm³/mol. The molecule has 0 saturated heterocycles. The first kappa shape index (κ1) is 19.7. The van der Waals surface area contributed by atoms with Gasteiger partial charge in [-0.15, -0.1) is 24.8 Å². The number of halogens is 2. The van der Waals surface area contributed by atoms with Crippen molar-refractivity contribution in [3.8, 4) is 11.1 Å². The number of hydrogen-bond acceptors (Lipinski definition) is 2. The zero-order valence-electron chi connectivity index (χ0n) is 12.9. The van der Waals surface area contributed by atoms with E-state index in [4.69, 9.17) is 0 Å². The van der Waals surface area contributed by atoms with Crippen LogP contribution in [0, 0.1) is 0 Å². The van der Waals surface area contributed by atoms with Crippen molar-refractivity contribution in [1.29, 1.82) is 0 Å². The summed E-state index contributed by atoms with van der Waals surface area (Å²) in [6.07, 6.45) is 0. The number of thiophene rings is 1. The molecule has 122 valence electrons. The van der Waals surface area contributed by atoms with E-state index in [0.29, 0.717) is 6.04 Å². The highest BCUT2D eigenvalue weighted by molar-refractivity contribution is 7.08. The van der Waals surface area contributed by atoms with Crippen LogP contribution in [0.15, 0.2) is 71.4 Å². The van der Waals surface area contributed by atoms with Crippen molar-refractivity contribution in [3.05, 3.63) is 82.6 Å². The van der Waals surface area contributed by atoms with E-state index in [0.717, 1.165) is 6.54 Å². The highest BCUT2D eigenvalue weighted by Crippen LogP contribution is 2.27. The van der Waals surface area contributed by atoms with Crippen LogP contribution in [0.25, 0.3) is 11.1 Å². The van der Waals surface area contributed by atoms with E-state index in [2.05, 4.69) is 83.7 Å². The first-order chi connectivity index (χ1) is 10.3. The molecule has 1 unspecified atom stereocenters. The second-order valence-electron chi connectivity index (χ2n) is 5.19. The van der Waals surface area contributed by atoms with E-state index in [1.54, 1.807) is 11.3 Å². The molecular formula is C19H21Cl2NS. The van der Waals surface area contributed by atoms with Gasteiger partial charge in [0.2, 0.25) is 0 Å². The molecule has 0 aliphatic heterocycles. The van der Waals surface area contributed by atoms with Crippen LogP contribution in [0.1, 0.15) is 24.1 Å². The molecule has 0 bridgehead atoms. The summed E-state index contributed by atoms with van der Waals surface area (Å²) in [5.41, 5.74) is 5.33. The normalized spacial score (nSPS) is 11.2. The average Bonchev–Trinajstić information content (AvgIpc) is 3.03. The molecule has 0 radical (unpaired) electrons. The van der Waals surface area contributed by atoms with Gasteiger partial charge in [0.1, 0.15) is 0 Å². The van der Waals surface area contributed by atoms with Crippen LogP contribution >= 0.6 is 36.2 Å². The van der Waals surface area contributed by atoms with Crippen molar-refractivity contribution in [2.75, 3.05) is 0 Å². The van der Waals surface area contributed by atoms with E-state index in [1.165, 1.54) is 22.3 Å². The molecule has 1 nitrogen and oxygen atoms in total. The van der Waals surface area contributed by atoms with Crippen molar-refractivity contribution >= 4 is 36.2 Å². The topological polar surface area (TPSA) is 12.0 Å². The van der Waals surface area contributed by atoms with Gasteiger partial charge in [-0.05, 0) is 39.9 Å². The van der Waals surface area contributed by atoms with Crippen LogP contribution in [-0.2, 0) is 6.54 Å². The highest BCUT2D eigenvalue weighted by atomic mass is 35.5. The van der Waals surface area contributed by atoms with Crippen molar-refractivity contribution in [3.63, 3.8) is 0 Å². The van der Waals surface area contributed by atoms with E-state index >= 15 is 0 Å². The Bertz CT molecular complexity index is 683. The summed E-state index contributed by atoms with van der Waals surface area (Å²) in [5, 5.41) is 8.10. The molecular weight excluding hydrogens is 345 g/mol. The Morgan fingerprint density at radius 1 is 0.870 bits per heavy atom. The van der Waals surface area contributed by atoms with Crippen LogP contribution < -0.4 is 5.32 Å². The lowest BCUT2D eigenvalue weighted by Gasteiger charge is -2.14. The number of rotatable bonds is 5. The first-order valence-electron chi connectivity index (χ1n) is 7.23. The summed E-state index contributed by atoms with van der Waals surface area (Å²) in [4.78, 5) is 0. The third-order valence-electron chi connectivity index (χ3n) is 3.73. The maximum Gasteiger partial charge on any atom is 0.0294 e. The fraction of sp³-hybridized carbons (Fsp3) is 0.158. The lowest BCUT2D eigenvalue weighted by atomic mass is 10.0. The molecule has 0 saturated carbocycles. The molecule has 1 N–H and O–H groups in total. The van der Waals surface area contributed by atoms with Crippen LogP contribution in [-0.4, -0.2) is 0 Å². The van der Waals surface area contributed by atoms with E-state index in [-0.39, 0.29) is 24.8 Å². The van der Waals surface area contributed by atoms with E-state index in [9.17, 15) is 0 Å². The Morgan fingerprint density at radius 2 is 1.48 bits per heavy atom. The van der Waals surface area contributed by atoms with Gasteiger partial charge in [-0.3, -0.25) is 0 Å². The van der Waals surface area contributed by atoms with Crippen LogP contribution in [0.3, 0.4) is 0 Å². The van der Waals surface area contributed by atoms with Gasteiger partial charge in [0.05, 0.1) is 0 Å². The number of hydrogen-bond donors (Lipinski definition) is 1. The van der Waals surface area contributed by atoms with Gasteiger partial charge in [-0.25, -0.2) is 0 Å². The Labute approximate surface area is 154 Å². The standard InChI is InChI=1S/C19H19NS.2ClH/c1-15(16-8-4-2-5-9-16)20-12-18-13-21-14-19(18)17-10-6-3-7-11-17;;/h2-11,13-15,20H,12H2,1H3;2*1H. The Kier molecular flexibility index (Phi) is 8.35. The van der Waals surface area contributed by atoms with Gasteiger partial charge in [-0.1, -0.05) is 60.7 Å². The summed E-state index contributed by atoms with van der Waals surface area (Å²) in [6, 6.07) is 21.5. The third-order valence-corrected chi connectivity index (χ3v) is 4.52. The minimum atomic E-state index is 0. The Hall–Kier alpha value is -1.32. The van der Waals surface area contributed by atoms with Gasteiger partial charge in [0, 0.05) is 12.6 Å². The van der Waals surface area contributed by atoms with Crippen molar-refractivity contribution in [2.45, 2.75) is 19.5 Å². The van der Waals surface area contributed by atoms with Gasteiger partial charge in [0.25, 0.3) is 0 Å². The monoisotopic (exact) mass is 365 g/mol. The van der Waals surface area contributed by atoms with Gasteiger partial charge < -0.3 is 5.32 Å². The molecule has 1 atom stereocenters. The number of benzene rings is 2. The molecule has 3 aromatic rings. The Morgan fingerprint density at radius 3 is 2.13 bits per heavy atom. The summed E-state index contributed by atoms with van der Waals surface area (Å²) in [5.74, 6) is 0. The third kappa shape index (κ3) is 5.08. The SMILES string of the molecule is CC(NCc1cscc1-c1ccccc1)c1ccccc1.Cl.Cl. The second kappa shape index (κ2) is 9.74. The lowest BCUT2D eigenvalue weighted by molar-refractivity contribution is 0.576. The summed E-state index contributed by atoms with van der Waals surface area (Å²) >= 11 is 1.77. The zero-order valence-corrected chi connectivity index (χ0v) is 15.4. The fourth-order valence-electron chi connectivity index (χ4n) is 2.45. The predicted octanol–water partition coefficient (Wildman–Crippen LogP) is 6.11. The first-order valence-corrected chi connectivity index (χ1v) is 8.17. The molecule has 4 heteroatoms. The zero-order chi connectivity index (χ0) is 14.5. The van der Waals surface area contributed by atoms with Crippen molar-refractivity contribution < 1.29 is 0 Å². The molecule has 3 rings (SSSR count). The minimum absolute atomic E-state index is 0. The van der Waals surface area contributed by atoms with Crippen LogP contribution in [0.4, 0.5) is 0 Å². The highest BCUT2D eigenvalue weighted by Gasteiger charge is 2.08. The van der Waals surface area contributed by atoms with Crippen molar-refractivity contribution in [2.24, 2.45) is 0 Å². The molecule has 1 aromatic heterocycles. The maximum atomic E-state index is 3.62. The van der Waals surface area contributed by atoms with Gasteiger partial charge in [0.15, 0.2) is 0 Å². The van der Waals surface area contributed by atoms with Gasteiger partial charge in [-0.2, -0.15) is 11.3 Å². The summed E-state index contributed by atoms with van der Waals surface area (Å²) < 4.78 is 0. The molecule has 1 heterocycles. The fourth-order valence-corrected chi connectivity index (χ4v) is 3.32. The lowest BCUT2D eigenvalue weighted by Crippen LogP contribution is -2.17. The molecule has 0 amide bonds. The quantitative estimate of drug-likeness (QED) is 0.574. The Balaban J connectivity index is 0.00000132. The summed E-state index contributed by atoms with van der Waals surface area (Å²) in [6.45, 7) is 3.10. The molecule has 0 aliphatic rings. The molecule has 0 fully saturated rings. The molecule has 2 aromatic carbocycles. The second-order valence-corrected chi connectivity index (χ2v) is 5.93. The van der Waals surface area contributed by atoms with Crippen molar-refractivity contribution in [1.82, 2.24) is 5.32 Å². The molecule has 0 spiro atoms. The summed E-state index contributed by atoms with van der Waals surface area (Å²) in [7, 11) is 0. The van der Waals surface area contributed by atoms with Crippen LogP contribution in [0.2, 0.25) is 0 Å². The van der Waals surface area contributed by atoms with Gasteiger partial charge >= 0.3 is 0 Å². The number of nitrogens with one attached hydrogen (secondary N) is 1. The van der Waals surface area contributed by atoms with E-state index in [1.807, 2.05) is 0 Å². The van der Waals surface area contributed by atoms with Crippen LogP contribution in [0.5, 0.6) is 0 Å². The van der Waals surface area contributed by atoms with E-state index < -0.39 is 0 Å². The largest absolute Gasteiger partial charge is 0.306 e. The molecule has 0 aliphatic carbocycles. The smallest absolute Gasteiger partial charge is 0.0294 e. The minimum Gasteiger partial charge on any atom is -0.306 e. The average molecular weight is 366 g/mol.